The lowest BCUT2D eigenvalue weighted by molar-refractivity contribution is -0.116. The third-order valence-electron chi connectivity index (χ3n) is 3.01. The van der Waals surface area contributed by atoms with Gasteiger partial charge >= 0.3 is 0 Å². The Morgan fingerprint density at radius 2 is 2.10 bits per heavy atom. The average molecular weight is 286 g/mol. The van der Waals surface area contributed by atoms with Gasteiger partial charge in [-0.25, -0.2) is 9.97 Å². The minimum atomic E-state index is -0.0920. The zero-order valence-electron chi connectivity index (χ0n) is 11.3. The molecule has 0 aliphatic carbocycles. The number of nitrogens with one attached hydrogen (secondary N) is 1. The molecule has 5 nitrogen and oxygen atoms in total. The number of imidazole rings is 1. The first-order valence-corrected chi connectivity index (χ1v) is 7.15. The zero-order chi connectivity index (χ0) is 14.1. The predicted octanol–water partition coefficient (Wildman–Crippen LogP) is 2.75. The number of para-hydroxylation sites is 2. The molecule has 0 atom stereocenters. The van der Waals surface area contributed by atoms with Gasteiger partial charge in [-0.05, 0) is 26.0 Å². The molecule has 0 saturated heterocycles. The van der Waals surface area contributed by atoms with Gasteiger partial charge < -0.3 is 9.88 Å². The van der Waals surface area contributed by atoms with E-state index in [2.05, 4.69) is 15.3 Å². The fourth-order valence-corrected chi connectivity index (χ4v) is 2.81. The molecule has 0 radical (unpaired) electrons. The quantitative estimate of drug-likeness (QED) is 0.805. The maximum atomic E-state index is 12.1. The summed E-state index contributed by atoms with van der Waals surface area (Å²) in [5.74, 6) is 0.738. The van der Waals surface area contributed by atoms with Crippen molar-refractivity contribution in [1.82, 2.24) is 14.5 Å². The monoisotopic (exact) mass is 286 g/mol. The van der Waals surface area contributed by atoms with Crippen molar-refractivity contribution >= 4 is 33.4 Å². The SMILES string of the molecule is Cc1csc(NC(=O)Cn2c(C)nc3ccccc32)n1. The fraction of sp³-hybridized carbons (Fsp3) is 0.214. The number of anilines is 1. The summed E-state index contributed by atoms with van der Waals surface area (Å²) in [4.78, 5) is 20.8. The van der Waals surface area contributed by atoms with Crippen molar-refractivity contribution in [3.8, 4) is 0 Å². The summed E-state index contributed by atoms with van der Waals surface area (Å²) in [5.41, 5.74) is 2.79. The normalized spacial score (nSPS) is 10.9. The van der Waals surface area contributed by atoms with Gasteiger partial charge in [0.2, 0.25) is 5.91 Å². The second-order valence-electron chi connectivity index (χ2n) is 4.58. The highest BCUT2D eigenvalue weighted by molar-refractivity contribution is 7.13. The molecule has 0 spiro atoms. The average Bonchev–Trinajstić information content (AvgIpc) is 2.94. The highest BCUT2D eigenvalue weighted by Crippen LogP contribution is 2.17. The number of aromatic nitrogens is 3. The predicted molar refractivity (Wildman–Crippen MR) is 80.0 cm³/mol. The molecule has 0 aliphatic heterocycles. The van der Waals surface area contributed by atoms with Gasteiger partial charge in [-0.3, -0.25) is 4.79 Å². The number of aryl methyl sites for hydroxylation is 2. The van der Waals surface area contributed by atoms with Gasteiger partial charge in [0.05, 0.1) is 16.7 Å². The Morgan fingerprint density at radius 1 is 1.30 bits per heavy atom. The van der Waals surface area contributed by atoms with Crippen LogP contribution in [0.15, 0.2) is 29.6 Å². The summed E-state index contributed by atoms with van der Waals surface area (Å²) in [7, 11) is 0. The largest absolute Gasteiger partial charge is 0.319 e. The van der Waals surface area contributed by atoms with Crippen LogP contribution in [0.4, 0.5) is 5.13 Å². The molecule has 2 aromatic heterocycles. The van der Waals surface area contributed by atoms with Crippen LogP contribution in [0.25, 0.3) is 11.0 Å². The molecule has 2 heterocycles. The van der Waals surface area contributed by atoms with Crippen LogP contribution < -0.4 is 5.32 Å². The van der Waals surface area contributed by atoms with E-state index in [-0.39, 0.29) is 12.5 Å². The van der Waals surface area contributed by atoms with Crippen LogP contribution in [0, 0.1) is 13.8 Å². The molecule has 3 aromatic rings. The van der Waals surface area contributed by atoms with Gasteiger partial charge in [0.15, 0.2) is 5.13 Å². The first-order chi connectivity index (χ1) is 9.63. The first-order valence-electron chi connectivity index (χ1n) is 6.27. The lowest BCUT2D eigenvalue weighted by Gasteiger charge is -2.06. The highest BCUT2D eigenvalue weighted by atomic mass is 32.1. The van der Waals surface area contributed by atoms with Crippen molar-refractivity contribution < 1.29 is 4.79 Å². The van der Waals surface area contributed by atoms with Gasteiger partial charge in [0, 0.05) is 5.38 Å². The number of thiazole rings is 1. The molecule has 0 saturated carbocycles. The van der Waals surface area contributed by atoms with Crippen LogP contribution in [0.3, 0.4) is 0 Å². The molecular formula is C14H14N4OS. The lowest BCUT2D eigenvalue weighted by atomic mass is 10.3. The van der Waals surface area contributed by atoms with Gasteiger partial charge in [0.25, 0.3) is 0 Å². The van der Waals surface area contributed by atoms with E-state index in [4.69, 9.17) is 0 Å². The van der Waals surface area contributed by atoms with Crippen molar-refractivity contribution in [2.75, 3.05) is 5.32 Å². The minimum absolute atomic E-state index is 0.0920. The van der Waals surface area contributed by atoms with Crippen LogP contribution in [0.2, 0.25) is 0 Å². The molecule has 3 rings (SSSR count). The van der Waals surface area contributed by atoms with Crippen LogP contribution in [-0.4, -0.2) is 20.4 Å². The smallest absolute Gasteiger partial charge is 0.246 e. The number of fused-ring (bicyclic) bond motifs is 1. The molecule has 0 fully saturated rings. The molecule has 0 aliphatic rings. The summed E-state index contributed by atoms with van der Waals surface area (Å²) in [5, 5.41) is 5.36. The first kappa shape index (κ1) is 12.8. The number of hydrogen-bond donors (Lipinski definition) is 1. The standard InChI is InChI=1S/C14H14N4OS/c1-9-8-20-14(15-9)17-13(19)7-18-10(2)16-11-5-3-4-6-12(11)18/h3-6,8H,7H2,1-2H3,(H,15,17,19). The molecule has 102 valence electrons. The number of hydrogen-bond acceptors (Lipinski definition) is 4. The van der Waals surface area contributed by atoms with Gasteiger partial charge in [-0.2, -0.15) is 0 Å². The molecular weight excluding hydrogens is 272 g/mol. The second kappa shape index (κ2) is 5.05. The van der Waals surface area contributed by atoms with Crippen molar-refractivity contribution in [1.29, 1.82) is 0 Å². The molecule has 0 unspecified atom stereocenters. The number of carbonyl (C=O) groups excluding carboxylic acids is 1. The fourth-order valence-electron chi connectivity index (χ4n) is 2.11. The van der Waals surface area contributed by atoms with E-state index in [1.807, 2.05) is 48.1 Å². The Kier molecular flexibility index (Phi) is 3.23. The van der Waals surface area contributed by atoms with E-state index in [1.54, 1.807) is 0 Å². The van der Waals surface area contributed by atoms with Crippen LogP contribution in [0.1, 0.15) is 11.5 Å². The Morgan fingerprint density at radius 3 is 2.85 bits per heavy atom. The summed E-state index contributed by atoms with van der Waals surface area (Å²) in [6.45, 7) is 4.05. The Labute approximate surface area is 120 Å². The van der Waals surface area contributed by atoms with E-state index in [0.29, 0.717) is 5.13 Å². The second-order valence-corrected chi connectivity index (χ2v) is 5.43. The summed E-state index contributed by atoms with van der Waals surface area (Å²) >= 11 is 1.43. The minimum Gasteiger partial charge on any atom is -0.319 e. The van der Waals surface area contributed by atoms with Gasteiger partial charge in [0.1, 0.15) is 12.4 Å². The topological polar surface area (TPSA) is 59.8 Å². The molecule has 1 amide bonds. The number of carbonyl (C=O) groups is 1. The van der Waals surface area contributed by atoms with Gasteiger partial charge in [-0.1, -0.05) is 12.1 Å². The van der Waals surface area contributed by atoms with Crippen molar-refractivity contribution in [2.24, 2.45) is 0 Å². The third-order valence-corrected chi connectivity index (χ3v) is 3.89. The van der Waals surface area contributed by atoms with Crippen molar-refractivity contribution in [3.05, 3.63) is 41.2 Å². The third kappa shape index (κ3) is 2.42. The molecule has 20 heavy (non-hydrogen) atoms. The number of rotatable bonds is 3. The molecule has 0 bridgehead atoms. The van der Waals surface area contributed by atoms with E-state index < -0.39 is 0 Å². The molecule has 1 aromatic carbocycles. The Bertz CT molecular complexity index is 774. The summed E-state index contributed by atoms with van der Waals surface area (Å²) < 4.78 is 1.91. The Balaban J connectivity index is 1.82. The maximum Gasteiger partial charge on any atom is 0.246 e. The van der Waals surface area contributed by atoms with Crippen LogP contribution in [0.5, 0.6) is 0 Å². The van der Waals surface area contributed by atoms with Crippen LogP contribution >= 0.6 is 11.3 Å². The van der Waals surface area contributed by atoms with E-state index in [1.165, 1.54) is 11.3 Å². The lowest BCUT2D eigenvalue weighted by Crippen LogP contribution is -2.19. The summed E-state index contributed by atoms with van der Waals surface area (Å²) in [6, 6.07) is 7.80. The van der Waals surface area contributed by atoms with Gasteiger partial charge in [-0.15, -0.1) is 11.3 Å². The van der Waals surface area contributed by atoms with Crippen molar-refractivity contribution in [2.45, 2.75) is 20.4 Å². The Hall–Kier alpha value is -2.21. The van der Waals surface area contributed by atoms with E-state index >= 15 is 0 Å². The molecule has 1 N–H and O–H groups in total. The van der Waals surface area contributed by atoms with E-state index in [9.17, 15) is 4.79 Å². The number of benzene rings is 1. The zero-order valence-corrected chi connectivity index (χ0v) is 12.1. The number of amides is 1. The number of nitrogens with zero attached hydrogens (tertiary/aromatic N) is 3. The van der Waals surface area contributed by atoms with Crippen molar-refractivity contribution in [3.63, 3.8) is 0 Å². The van der Waals surface area contributed by atoms with Crippen LogP contribution in [-0.2, 0) is 11.3 Å². The van der Waals surface area contributed by atoms with E-state index in [0.717, 1.165) is 22.6 Å². The summed E-state index contributed by atoms with van der Waals surface area (Å²) in [6.07, 6.45) is 0. The highest BCUT2D eigenvalue weighted by Gasteiger charge is 2.11. The maximum absolute atomic E-state index is 12.1. The molecule has 6 heteroatoms.